The van der Waals surface area contributed by atoms with Gasteiger partial charge in [0.1, 0.15) is 0 Å². The van der Waals surface area contributed by atoms with Gasteiger partial charge in [0.2, 0.25) is 0 Å². The van der Waals surface area contributed by atoms with Crippen LogP contribution < -0.4 is 0 Å². The Morgan fingerprint density at radius 2 is 2.12 bits per heavy atom. The SMILES string of the molecule is CN(CCCn1ccnc1)CC1CCCCC1. The van der Waals surface area contributed by atoms with Gasteiger partial charge in [-0.25, -0.2) is 4.98 Å². The minimum absolute atomic E-state index is 0.960. The Kier molecular flexibility index (Phi) is 5.05. The van der Waals surface area contributed by atoms with Crippen molar-refractivity contribution >= 4 is 0 Å². The summed E-state index contributed by atoms with van der Waals surface area (Å²) in [7, 11) is 2.27. The van der Waals surface area contributed by atoms with Gasteiger partial charge < -0.3 is 9.47 Å². The fourth-order valence-corrected chi connectivity index (χ4v) is 2.84. The predicted molar refractivity (Wildman–Crippen MR) is 70.9 cm³/mol. The molecular formula is C14H25N3. The second-order valence-electron chi connectivity index (χ2n) is 5.42. The monoisotopic (exact) mass is 235 g/mol. The predicted octanol–water partition coefficient (Wildman–Crippen LogP) is 2.79. The second kappa shape index (κ2) is 6.80. The summed E-state index contributed by atoms with van der Waals surface area (Å²) >= 11 is 0. The highest BCUT2D eigenvalue weighted by Crippen LogP contribution is 2.24. The molecule has 0 amide bonds. The number of rotatable bonds is 6. The van der Waals surface area contributed by atoms with E-state index in [1.165, 1.54) is 51.6 Å². The standard InChI is InChI=1S/C14H25N3/c1-16(12-14-6-3-2-4-7-14)9-5-10-17-11-8-15-13-17/h8,11,13-14H,2-7,9-10,12H2,1H3. The minimum atomic E-state index is 0.960. The maximum Gasteiger partial charge on any atom is 0.0945 e. The topological polar surface area (TPSA) is 21.1 Å². The van der Waals surface area contributed by atoms with E-state index in [9.17, 15) is 0 Å². The Bertz CT molecular complexity index is 288. The molecule has 0 bridgehead atoms. The molecule has 1 aromatic heterocycles. The highest BCUT2D eigenvalue weighted by atomic mass is 15.1. The van der Waals surface area contributed by atoms with Crippen LogP contribution in [0.3, 0.4) is 0 Å². The van der Waals surface area contributed by atoms with Crippen LogP contribution in [-0.4, -0.2) is 34.6 Å². The molecule has 1 aromatic rings. The molecule has 0 saturated heterocycles. The minimum Gasteiger partial charge on any atom is -0.337 e. The van der Waals surface area contributed by atoms with Crippen LogP contribution in [0.5, 0.6) is 0 Å². The number of aryl methyl sites for hydroxylation is 1. The van der Waals surface area contributed by atoms with Gasteiger partial charge in [-0.1, -0.05) is 19.3 Å². The maximum absolute atomic E-state index is 4.06. The number of hydrogen-bond acceptors (Lipinski definition) is 2. The van der Waals surface area contributed by atoms with E-state index in [4.69, 9.17) is 0 Å². The molecule has 1 saturated carbocycles. The van der Waals surface area contributed by atoms with Gasteiger partial charge in [0, 0.05) is 25.5 Å². The zero-order chi connectivity index (χ0) is 11.9. The molecule has 96 valence electrons. The Morgan fingerprint density at radius 3 is 2.82 bits per heavy atom. The van der Waals surface area contributed by atoms with Crippen molar-refractivity contribution in [3.8, 4) is 0 Å². The van der Waals surface area contributed by atoms with Gasteiger partial charge in [-0.15, -0.1) is 0 Å². The Hall–Kier alpha value is -0.830. The molecule has 3 heteroatoms. The van der Waals surface area contributed by atoms with E-state index in [1.807, 2.05) is 18.7 Å². The molecule has 1 fully saturated rings. The first-order valence-corrected chi connectivity index (χ1v) is 6.99. The Morgan fingerprint density at radius 1 is 1.29 bits per heavy atom. The van der Waals surface area contributed by atoms with Gasteiger partial charge in [-0.3, -0.25) is 0 Å². The van der Waals surface area contributed by atoms with E-state index in [1.54, 1.807) is 0 Å². The van der Waals surface area contributed by atoms with E-state index in [-0.39, 0.29) is 0 Å². The number of imidazole rings is 1. The summed E-state index contributed by atoms with van der Waals surface area (Å²) in [6.45, 7) is 3.59. The van der Waals surface area contributed by atoms with Gasteiger partial charge in [-0.2, -0.15) is 0 Å². The number of aromatic nitrogens is 2. The average Bonchev–Trinajstić information content (AvgIpc) is 2.83. The molecule has 2 rings (SSSR count). The van der Waals surface area contributed by atoms with E-state index < -0.39 is 0 Å². The largest absolute Gasteiger partial charge is 0.337 e. The van der Waals surface area contributed by atoms with E-state index >= 15 is 0 Å². The van der Waals surface area contributed by atoms with Crippen molar-refractivity contribution in [2.75, 3.05) is 20.1 Å². The van der Waals surface area contributed by atoms with Crippen molar-refractivity contribution in [1.29, 1.82) is 0 Å². The molecule has 0 spiro atoms. The summed E-state index contributed by atoms with van der Waals surface area (Å²) in [5.41, 5.74) is 0. The molecule has 1 aliphatic rings. The number of hydrogen-bond donors (Lipinski definition) is 0. The van der Waals surface area contributed by atoms with Crippen LogP contribution in [0.1, 0.15) is 38.5 Å². The molecule has 3 nitrogen and oxygen atoms in total. The first-order valence-electron chi connectivity index (χ1n) is 6.99. The summed E-state index contributed by atoms with van der Waals surface area (Å²) in [5.74, 6) is 0.960. The molecule has 1 aliphatic carbocycles. The first kappa shape index (κ1) is 12.6. The zero-order valence-electron chi connectivity index (χ0n) is 11.0. The van der Waals surface area contributed by atoms with Crippen molar-refractivity contribution in [3.05, 3.63) is 18.7 Å². The van der Waals surface area contributed by atoms with Crippen molar-refractivity contribution < 1.29 is 0 Å². The molecular weight excluding hydrogens is 210 g/mol. The third-order valence-electron chi connectivity index (χ3n) is 3.81. The third kappa shape index (κ3) is 4.50. The molecule has 0 unspecified atom stereocenters. The van der Waals surface area contributed by atoms with E-state index in [0.29, 0.717) is 0 Å². The summed E-state index contributed by atoms with van der Waals surface area (Å²) in [4.78, 5) is 6.57. The lowest BCUT2D eigenvalue weighted by atomic mass is 9.89. The van der Waals surface area contributed by atoms with Gasteiger partial charge in [0.15, 0.2) is 0 Å². The first-order chi connectivity index (χ1) is 8.34. The normalized spacial score (nSPS) is 17.8. The molecule has 0 radical (unpaired) electrons. The lowest BCUT2D eigenvalue weighted by Crippen LogP contribution is -2.28. The molecule has 1 heterocycles. The fourth-order valence-electron chi connectivity index (χ4n) is 2.84. The molecule has 0 atom stereocenters. The molecule has 0 aliphatic heterocycles. The van der Waals surface area contributed by atoms with Crippen molar-refractivity contribution in [2.24, 2.45) is 5.92 Å². The van der Waals surface area contributed by atoms with Crippen LogP contribution in [0, 0.1) is 5.92 Å². The Balaban J connectivity index is 1.58. The van der Waals surface area contributed by atoms with Gasteiger partial charge >= 0.3 is 0 Å². The van der Waals surface area contributed by atoms with Crippen LogP contribution in [-0.2, 0) is 6.54 Å². The van der Waals surface area contributed by atoms with Crippen LogP contribution in [0.25, 0.3) is 0 Å². The lowest BCUT2D eigenvalue weighted by molar-refractivity contribution is 0.229. The quantitative estimate of drug-likeness (QED) is 0.756. The second-order valence-corrected chi connectivity index (χ2v) is 5.42. The summed E-state index contributed by atoms with van der Waals surface area (Å²) in [5, 5.41) is 0. The third-order valence-corrected chi connectivity index (χ3v) is 3.81. The average molecular weight is 235 g/mol. The molecule has 17 heavy (non-hydrogen) atoms. The van der Waals surface area contributed by atoms with Gasteiger partial charge in [-0.05, 0) is 38.8 Å². The highest BCUT2D eigenvalue weighted by molar-refractivity contribution is 4.74. The molecule has 0 N–H and O–H groups in total. The summed E-state index contributed by atoms with van der Waals surface area (Å²) in [6, 6.07) is 0. The van der Waals surface area contributed by atoms with Crippen LogP contribution in [0.2, 0.25) is 0 Å². The van der Waals surface area contributed by atoms with Crippen LogP contribution >= 0.6 is 0 Å². The van der Waals surface area contributed by atoms with Crippen molar-refractivity contribution in [2.45, 2.75) is 45.1 Å². The van der Waals surface area contributed by atoms with Crippen molar-refractivity contribution in [1.82, 2.24) is 14.5 Å². The Labute approximate surface area is 105 Å². The smallest absolute Gasteiger partial charge is 0.0945 e. The number of nitrogens with zero attached hydrogens (tertiary/aromatic N) is 3. The fraction of sp³-hybridized carbons (Fsp3) is 0.786. The van der Waals surface area contributed by atoms with E-state index in [2.05, 4.69) is 21.5 Å². The van der Waals surface area contributed by atoms with Gasteiger partial charge in [0.05, 0.1) is 6.33 Å². The maximum atomic E-state index is 4.06. The van der Waals surface area contributed by atoms with Crippen LogP contribution in [0.15, 0.2) is 18.7 Å². The molecule has 0 aromatic carbocycles. The highest BCUT2D eigenvalue weighted by Gasteiger charge is 2.14. The lowest BCUT2D eigenvalue weighted by Gasteiger charge is -2.26. The summed E-state index contributed by atoms with van der Waals surface area (Å²) < 4.78 is 2.16. The van der Waals surface area contributed by atoms with Crippen LogP contribution in [0.4, 0.5) is 0 Å². The van der Waals surface area contributed by atoms with Gasteiger partial charge in [0.25, 0.3) is 0 Å². The zero-order valence-corrected chi connectivity index (χ0v) is 11.0. The van der Waals surface area contributed by atoms with Crippen molar-refractivity contribution in [3.63, 3.8) is 0 Å². The summed E-state index contributed by atoms with van der Waals surface area (Å²) in [6.07, 6.45) is 14.3. The van der Waals surface area contributed by atoms with E-state index in [0.717, 1.165) is 12.5 Å².